The van der Waals surface area contributed by atoms with Crippen molar-refractivity contribution in [1.82, 2.24) is 0 Å². The van der Waals surface area contributed by atoms with Crippen LogP contribution in [0.25, 0.3) is 0 Å². The van der Waals surface area contributed by atoms with Crippen LogP contribution < -0.4 is 103 Å². The zero-order valence-corrected chi connectivity index (χ0v) is 21.8. The Morgan fingerprint density at radius 3 is 1.11 bits per heavy atom. The Bertz CT molecular complexity index is 471. The third-order valence-corrected chi connectivity index (χ3v) is 6.46. The first-order valence-corrected chi connectivity index (χ1v) is 6.78. The molecule has 4 nitrogen and oxygen atoms in total. The van der Waals surface area contributed by atoms with Gasteiger partial charge in [-0.25, -0.2) is 9.59 Å². The van der Waals surface area contributed by atoms with Gasteiger partial charge in [-0.1, -0.05) is 0 Å². The van der Waals surface area contributed by atoms with Gasteiger partial charge in [0.1, 0.15) is 0 Å². The molecule has 0 aliphatic heterocycles. The molecule has 0 fully saturated rings. The summed E-state index contributed by atoms with van der Waals surface area (Å²) in [5.74, 6) is -2.64. The second kappa shape index (κ2) is 10.2. The number of hydrogen-bond donors (Lipinski definition) is 2. The Balaban J connectivity index is -0.000000320. The fourth-order valence-corrected chi connectivity index (χ4v) is 3.49. The Morgan fingerprint density at radius 1 is 0.722 bits per heavy atom. The molecule has 18 heavy (non-hydrogen) atoms. The van der Waals surface area contributed by atoms with Crippen LogP contribution in [-0.2, 0) is 0 Å². The first-order chi connectivity index (χ1) is 7.29. The predicted molar refractivity (Wildman–Crippen MR) is 73.4 cm³/mol. The monoisotopic (exact) mass is 558 g/mol. The summed E-state index contributed by atoms with van der Waals surface area (Å²) in [7, 11) is 0. The van der Waals surface area contributed by atoms with Gasteiger partial charge in [-0.05, 0) is 63.7 Å². The average Bonchev–Trinajstić information content (AvgIpc) is 2.18. The van der Waals surface area contributed by atoms with Crippen molar-refractivity contribution in [3.05, 3.63) is 29.0 Å². The minimum atomic E-state index is -1.32. The molecule has 1 rings (SSSR count). The van der Waals surface area contributed by atoms with Crippen LogP contribution in [-0.4, -0.2) is 22.2 Å². The zero-order valence-electron chi connectivity index (χ0n) is 11.2. The van der Waals surface area contributed by atoms with Crippen LogP contribution in [0.1, 0.15) is 23.6 Å². The van der Waals surface area contributed by atoms with E-state index in [-0.39, 0.29) is 126 Å². The summed E-state index contributed by atoms with van der Waals surface area (Å²) in [5, 5.41) is 18.0. The van der Waals surface area contributed by atoms with Crippen molar-refractivity contribution in [3.8, 4) is 0 Å². The van der Waals surface area contributed by atoms with Gasteiger partial charge in [0.25, 0.3) is 0 Å². The summed E-state index contributed by atoms with van der Waals surface area (Å²) in [6.07, 6.45) is 0. The van der Waals surface area contributed by atoms with Crippen LogP contribution in [0.3, 0.4) is 0 Å². The van der Waals surface area contributed by atoms with Crippen molar-refractivity contribution >= 4 is 75.7 Å². The molecule has 1 aromatic carbocycles. The fraction of sp³-hybridized carbons (Fsp3) is 0. The summed E-state index contributed by atoms with van der Waals surface area (Å²) in [5.41, 5.74) is -0.621. The smallest absolute Gasteiger partial charge is 1.00 e. The summed E-state index contributed by atoms with van der Waals surface area (Å²) in [4.78, 5) is 22.0. The summed E-state index contributed by atoms with van der Waals surface area (Å²) in [6, 6.07) is 0. The van der Waals surface area contributed by atoms with Crippen LogP contribution in [0.2, 0.25) is 0 Å². The average molecular weight is 562 g/mol. The Morgan fingerprint density at radius 2 is 0.944 bits per heavy atom. The SMILES string of the molecule is O=C(O)c1c(Br)c(Br)c(Br)c(Br)c1C(=O)O.[H-].[H-].[K+].[K+]. The van der Waals surface area contributed by atoms with Crippen molar-refractivity contribution in [2.24, 2.45) is 0 Å². The van der Waals surface area contributed by atoms with Crippen molar-refractivity contribution < 1.29 is 125 Å². The topological polar surface area (TPSA) is 74.6 Å². The molecule has 90 valence electrons. The molecule has 0 aliphatic carbocycles. The number of benzene rings is 1. The van der Waals surface area contributed by atoms with Gasteiger partial charge in [0, 0.05) is 17.9 Å². The molecule has 0 radical (unpaired) electrons. The van der Waals surface area contributed by atoms with Crippen LogP contribution in [0.4, 0.5) is 0 Å². The molecule has 1 aromatic rings. The minimum Gasteiger partial charge on any atom is -1.00 e. The van der Waals surface area contributed by atoms with Crippen molar-refractivity contribution in [2.75, 3.05) is 0 Å². The van der Waals surface area contributed by atoms with E-state index >= 15 is 0 Å². The molecular formula is C8H4Br4K2O4. The van der Waals surface area contributed by atoms with Gasteiger partial charge in [-0.3, -0.25) is 0 Å². The molecule has 0 atom stereocenters. The van der Waals surface area contributed by atoms with E-state index in [1.54, 1.807) is 0 Å². The maximum absolute atomic E-state index is 11.0. The maximum atomic E-state index is 11.0. The van der Waals surface area contributed by atoms with E-state index in [1.165, 1.54) is 0 Å². The number of carboxylic acid groups (broad SMARTS) is 2. The molecule has 0 aliphatic rings. The molecule has 0 amide bonds. The van der Waals surface area contributed by atoms with Crippen LogP contribution in [0, 0.1) is 0 Å². The number of halogens is 4. The first-order valence-electron chi connectivity index (χ1n) is 3.61. The predicted octanol–water partition coefficient (Wildman–Crippen LogP) is -1.63. The van der Waals surface area contributed by atoms with Crippen molar-refractivity contribution in [3.63, 3.8) is 0 Å². The van der Waals surface area contributed by atoms with E-state index in [4.69, 9.17) is 10.2 Å². The van der Waals surface area contributed by atoms with Gasteiger partial charge in [0.15, 0.2) is 0 Å². The molecule has 0 saturated carbocycles. The fourth-order valence-electron chi connectivity index (χ4n) is 1.03. The summed E-state index contributed by atoms with van der Waals surface area (Å²) >= 11 is 12.4. The number of rotatable bonds is 2. The van der Waals surface area contributed by atoms with Gasteiger partial charge in [0.05, 0.1) is 11.1 Å². The number of aromatic carboxylic acids is 2. The van der Waals surface area contributed by atoms with Gasteiger partial charge in [0.2, 0.25) is 0 Å². The standard InChI is InChI=1S/C8H2Br4O4.2K.2H/c9-3-1(7(13)14)2(8(15)16)4(10)6(12)5(3)11;;;;/h(H,13,14)(H,15,16);;;;/q;2*+1;2*-1. The maximum Gasteiger partial charge on any atom is 1.00 e. The second-order valence-electron chi connectivity index (χ2n) is 2.62. The number of carbonyl (C=O) groups is 2. The molecular weight excluding hydrogens is 558 g/mol. The van der Waals surface area contributed by atoms with Crippen LogP contribution in [0.5, 0.6) is 0 Å². The van der Waals surface area contributed by atoms with Crippen molar-refractivity contribution in [2.45, 2.75) is 0 Å². The molecule has 0 heterocycles. The molecule has 0 spiro atoms. The zero-order chi connectivity index (χ0) is 12.6. The van der Waals surface area contributed by atoms with E-state index in [9.17, 15) is 9.59 Å². The summed E-state index contributed by atoms with van der Waals surface area (Å²) in [6.45, 7) is 0. The van der Waals surface area contributed by atoms with Gasteiger partial charge in [-0.2, -0.15) is 0 Å². The van der Waals surface area contributed by atoms with E-state index in [0.717, 1.165) is 0 Å². The molecule has 2 N–H and O–H groups in total. The van der Waals surface area contributed by atoms with E-state index < -0.39 is 11.9 Å². The third-order valence-electron chi connectivity index (χ3n) is 1.69. The second-order valence-corrected chi connectivity index (χ2v) is 5.79. The largest absolute Gasteiger partial charge is 1.00 e. The molecule has 0 unspecified atom stereocenters. The quantitative estimate of drug-likeness (QED) is 0.258. The third kappa shape index (κ3) is 5.22. The molecule has 0 bridgehead atoms. The Labute approximate surface area is 224 Å². The normalized spacial score (nSPS) is 9.11. The van der Waals surface area contributed by atoms with Crippen molar-refractivity contribution in [1.29, 1.82) is 0 Å². The van der Waals surface area contributed by atoms with E-state index in [2.05, 4.69) is 63.7 Å². The summed E-state index contributed by atoms with van der Waals surface area (Å²) < 4.78 is 1.21. The van der Waals surface area contributed by atoms with Crippen LogP contribution >= 0.6 is 63.7 Å². The Hall–Kier alpha value is 3.35. The number of hydrogen-bond acceptors (Lipinski definition) is 2. The Kier molecular flexibility index (Phi) is 13.4. The number of carboxylic acids is 2. The van der Waals surface area contributed by atoms with E-state index in [0.29, 0.717) is 8.95 Å². The van der Waals surface area contributed by atoms with Gasteiger partial charge < -0.3 is 13.1 Å². The minimum absolute atomic E-state index is 0. The molecule has 0 saturated heterocycles. The first kappa shape index (κ1) is 23.6. The van der Waals surface area contributed by atoms with E-state index in [1.807, 2.05) is 0 Å². The molecule has 10 heteroatoms. The van der Waals surface area contributed by atoms with Gasteiger partial charge >= 0.3 is 115 Å². The van der Waals surface area contributed by atoms with Gasteiger partial charge in [-0.15, -0.1) is 0 Å². The molecule has 0 aromatic heterocycles. The van der Waals surface area contributed by atoms with Crippen LogP contribution in [0.15, 0.2) is 17.9 Å².